The minimum absolute atomic E-state index is 0.00889. The minimum atomic E-state index is 0.00889. The smallest absolute Gasteiger partial charge is 0.233 e. The molecule has 3 N–H and O–H groups in total. The normalized spacial score (nSPS) is 10.5. The molecule has 1 aromatic heterocycles. The molecule has 0 spiro atoms. The maximum Gasteiger partial charge on any atom is 0.233 e. The number of carbonyl (C=O) groups is 1. The van der Waals surface area contributed by atoms with Crippen LogP contribution >= 0.6 is 0 Å². The predicted molar refractivity (Wildman–Crippen MR) is 64.3 cm³/mol. The Bertz CT molecular complexity index is 338. The molecule has 6 heteroatoms. The third kappa shape index (κ3) is 5.46. The minimum Gasteiger partial charge on any atom is -0.394 e. The van der Waals surface area contributed by atoms with Gasteiger partial charge in [0.05, 0.1) is 25.9 Å². The molecule has 0 saturated heterocycles. The van der Waals surface area contributed by atoms with Gasteiger partial charge < -0.3 is 15.7 Å². The maximum atomic E-state index is 11.3. The van der Waals surface area contributed by atoms with Crippen LogP contribution in [0.2, 0.25) is 0 Å². The van der Waals surface area contributed by atoms with Crippen LogP contribution in [0.15, 0.2) is 12.4 Å². The lowest BCUT2D eigenvalue weighted by Gasteiger charge is -2.04. The zero-order chi connectivity index (χ0) is 12.5. The summed E-state index contributed by atoms with van der Waals surface area (Å²) < 4.78 is 1.67. The van der Waals surface area contributed by atoms with Crippen molar-refractivity contribution in [2.45, 2.75) is 26.4 Å². The molecule has 17 heavy (non-hydrogen) atoms. The van der Waals surface area contributed by atoms with E-state index >= 15 is 0 Å². The van der Waals surface area contributed by atoms with Gasteiger partial charge in [-0.15, -0.1) is 0 Å². The van der Waals surface area contributed by atoms with Crippen molar-refractivity contribution in [3.63, 3.8) is 0 Å². The summed E-state index contributed by atoms with van der Waals surface area (Å²) in [7, 11) is 0. The second-order valence-corrected chi connectivity index (χ2v) is 3.79. The van der Waals surface area contributed by atoms with Crippen LogP contribution in [0.3, 0.4) is 0 Å². The second-order valence-electron chi connectivity index (χ2n) is 3.79. The molecule has 6 nitrogen and oxygen atoms in total. The van der Waals surface area contributed by atoms with E-state index in [9.17, 15) is 4.79 Å². The van der Waals surface area contributed by atoms with Crippen molar-refractivity contribution in [2.75, 3.05) is 19.7 Å². The number of nitrogens with one attached hydrogen (secondary N) is 2. The van der Waals surface area contributed by atoms with Crippen LogP contribution in [0.4, 0.5) is 0 Å². The van der Waals surface area contributed by atoms with E-state index in [-0.39, 0.29) is 12.5 Å². The lowest BCUT2D eigenvalue weighted by molar-refractivity contribution is -0.120. The largest absolute Gasteiger partial charge is 0.394 e. The Hall–Kier alpha value is -1.40. The lowest BCUT2D eigenvalue weighted by Crippen LogP contribution is -2.33. The monoisotopic (exact) mass is 240 g/mol. The summed E-state index contributed by atoms with van der Waals surface area (Å²) in [6.07, 6.45) is 4.53. The van der Waals surface area contributed by atoms with Gasteiger partial charge in [0.15, 0.2) is 0 Å². The molecule has 0 aromatic carbocycles. The fourth-order valence-corrected chi connectivity index (χ4v) is 1.37. The number of aliphatic hydroxyl groups excluding tert-OH is 1. The van der Waals surface area contributed by atoms with E-state index in [1.807, 2.05) is 13.1 Å². The van der Waals surface area contributed by atoms with Gasteiger partial charge in [0, 0.05) is 24.8 Å². The summed E-state index contributed by atoms with van der Waals surface area (Å²) >= 11 is 0. The Morgan fingerprint density at radius 1 is 1.59 bits per heavy atom. The highest BCUT2D eigenvalue weighted by Gasteiger charge is 2.01. The van der Waals surface area contributed by atoms with Crippen LogP contribution in [0.25, 0.3) is 0 Å². The van der Waals surface area contributed by atoms with Gasteiger partial charge in [0.2, 0.25) is 5.91 Å². The van der Waals surface area contributed by atoms with E-state index in [1.54, 1.807) is 10.9 Å². The molecule has 1 rings (SSSR count). The number of rotatable bonds is 8. The molecule has 96 valence electrons. The second kappa shape index (κ2) is 7.81. The number of amides is 1. The Morgan fingerprint density at radius 3 is 3.12 bits per heavy atom. The van der Waals surface area contributed by atoms with E-state index in [1.165, 1.54) is 0 Å². The van der Waals surface area contributed by atoms with E-state index in [4.69, 9.17) is 5.11 Å². The number of hydrogen-bond donors (Lipinski definition) is 3. The lowest BCUT2D eigenvalue weighted by atomic mass is 10.3. The number of aliphatic hydroxyl groups is 1. The highest BCUT2D eigenvalue weighted by molar-refractivity contribution is 5.77. The van der Waals surface area contributed by atoms with Crippen molar-refractivity contribution in [1.29, 1.82) is 0 Å². The van der Waals surface area contributed by atoms with Crippen LogP contribution in [-0.2, 0) is 17.9 Å². The summed E-state index contributed by atoms with van der Waals surface area (Å²) in [6, 6.07) is 0. The molecule has 0 aliphatic heterocycles. The standard InChI is InChI=1S/C11H20N4O2/c1-2-3-13-11(17)8-12-6-10-7-14-15(9-10)4-5-16/h7,9,12,16H,2-6,8H2,1H3,(H,13,17). The molecular formula is C11H20N4O2. The first kappa shape index (κ1) is 13.7. The Morgan fingerprint density at radius 2 is 2.41 bits per heavy atom. The first-order valence-corrected chi connectivity index (χ1v) is 5.86. The van der Waals surface area contributed by atoms with Crippen molar-refractivity contribution >= 4 is 5.91 Å². The quantitative estimate of drug-likeness (QED) is 0.572. The fraction of sp³-hybridized carbons (Fsp3) is 0.636. The van der Waals surface area contributed by atoms with Crippen LogP contribution in [0.5, 0.6) is 0 Å². The van der Waals surface area contributed by atoms with Gasteiger partial charge in [-0.2, -0.15) is 5.10 Å². The SMILES string of the molecule is CCCNC(=O)CNCc1cnn(CCO)c1. The Balaban J connectivity index is 2.19. The average molecular weight is 240 g/mol. The van der Waals surface area contributed by atoms with Crippen molar-refractivity contribution in [3.8, 4) is 0 Å². The first-order chi connectivity index (χ1) is 8.26. The highest BCUT2D eigenvalue weighted by atomic mass is 16.3. The van der Waals surface area contributed by atoms with Gasteiger partial charge in [-0.25, -0.2) is 0 Å². The molecular weight excluding hydrogens is 220 g/mol. The summed E-state index contributed by atoms with van der Waals surface area (Å²) in [6.45, 7) is 4.22. The van der Waals surface area contributed by atoms with E-state index in [0.29, 0.717) is 19.6 Å². The Labute approximate surface area is 101 Å². The van der Waals surface area contributed by atoms with Crippen LogP contribution < -0.4 is 10.6 Å². The number of aromatic nitrogens is 2. The van der Waals surface area contributed by atoms with E-state index in [2.05, 4.69) is 15.7 Å². The van der Waals surface area contributed by atoms with Crippen LogP contribution in [0.1, 0.15) is 18.9 Å². The third-order valence-corrected chi connectivity index (χ3v) is 2.20. The third-order valence-electron chi connectivity index (χ3n) is 2.20. The summed E-state index contributed by atoms with van der Waals surface area (Å²) in [5.41, 5.74) is 1.00. The van der Waals surface area contributed by atoms with E-state index in [0.717, 1.165) is 18.5 Å². The van der Waals surface area contributed by atoms with E-state index < -0.39 is 0 Å². The number of hydrogen-bond acceptors (Lipinski definition) is 4. The molecule has 0 unspecified atom stereocenters. The van der Waals surface area contributed by atoms with Gasteiger partial charge in [-0.3, -0.25) is 9.48 Å². The van der Waals surface area contributed by atoms with Crippen molar-refractivity contribution < 1.29 is 9.90 Å². The molecule has 0 radical (unpaired) electrons. The fourth-order valence-electron chi connectivity index (χ4n) is 1.37. The van der Waals surface area contributed by atoms with Crippen molar-refractivity contribution in [3.05, 3.63) is 18.0 Å². The Kier molecular flexibility index (Phi) is 6.27. The van der Waals surface area contributed by atoms with Crippen molar-refractivity contribution in [2.24, 2.45) is 0 Å². The van der Waals surface area contributed by atoms with Gasteiger partial charge in [0.25, 0.3) is 0 Å². The van der Waals surface area contributed by atoms with Gasteiger partial charge in [-0.1, -0.05) is 6.92 Å². The molecule has 0 aliphatic carbocycles. The highest BCUT2D eigenvalue weighted by Crippen LogP contribution is 1.96. The molecule has 1 heterocycles. The van der Waals surface area contributed by atoms with Gasteiger partial charge >= 0.3 is 0 Å². The molecule has 1 amide bonds. The maximum absolute atomic E-state index is 11.3. The molecule has 0 saturated carbocycles. The van der Waals surface area contributed by atoms with Crippen molar-refractivity contribution in [1.82, 2.24) is 20.4 Å². The summed E-state index contributed by atoms with van der Waals surface area (Å²) in [5.74, 6) is 0.00889. The molecule has 0 fully saturated rings. The molecule has 1 aromatic rings. The topological polar surface area (TPSA) is 79.2 Å². The van der Waals surface area contributed by atoms with Gasteiger partial charge in [0.1, 0.15) is 0 Å². The number of carbonyl (C=O) groups excluding carboxylic acids is 1. The molecule has 0 bridgehead atoms. The van der Waals surface area contributed by atoms with Crippen LogP contribution in [0, 0.1) is 0 Å². The van der Waals surface area contributed by atoms with Gasteiger partial charge in [-0.05, 0) is 6.42 Å². The summed E-state index contributed by atoms with van der Waals surface area (Å²) in [5, 5.41) is 18.6. The molecule has 0 aliphatic rings. The zero-order valence-electron chi connectivity index (χ0n) is 10.1. The summed E-state index contributed by atoms with van der Waals surface area (Å²) in [4.78, 5) is 11.3. The first-order valence-electron chi connectivity index (χ1n) is 5.86. The predicted octanol–water partition coefficient (Wildman–Crippen LogP) is -0.509. The zero-order valence-corrected chi connectivity index (χ0v) is 10.1. The number of nitrogens with zero attached hydrogens (tertiary/aromatic N) is 2. The van der Waals surface area contributed by atoms with Crippen LogP contribution in [-0.4, -0.2) is 40.5 Å². The average Bonchev–Trinajstić information content (AvgIpc) is 2.75. The molecule has 0 atom stereocenters.